The van der Waals surface area contributed by atoms with Gasteiger partial charge in [0.1, 0.15) is 6.23 Å². The van der Waals surface area contributed by atoms with E-state index < -0.39 is 30.6 Å². The molecule has 1 aromatic carbocycles. The van der Waals surface area contributed by atoms with Crippen molar-refractivity contribution < 1.29 is 27.5 Å². The molecule has 134 valence electrons. The van der Waals surface area contributed by atoms with Crippen LogP contribution >= 0.6 is 0 Å². The molecule has 25 heavy (non-hydrogen) atoms. The average molecular weight is 354 g/mol. The van der Waals surface area contributed by atoms with Gasteiger partial charge in [-0.15, -0.1) is 0 Å². The molecule has 1 aromatic rings. The summed E-state index contributed by atoms with van der Waals surface area (Å²) in [5.41, 5.74) is 5.61. The maximum absolute atomic E-state index is 12.4. The van der Waals surface area contributed by atoms with Crippen LogP contribution in [0.15, 0.2) is 24.3 Å². The summed E-state index contributed by atoms with van der Waals surface area (Å²) in [5, 5.41) is 2.50. The zero-order valence-electron chi connectivity index (χ0n) is 13.2. The second kappa shape index (κ2) is 8.03. The van der Waals surface area contributed by atoms with Gasteiger partial charge in [0, 0.05) is 30.4 Å². The van der Waals surface area contributed by atoms with Crippen LogP contribution in [0.3, 0.4) is 0 Å². The van der Waals surface area contributed by atoms with Crippen LogP contribution in [0.2, 0.25) is 0 Å². The molecule has 5 nitrogen and oxygen atoms in total. The highest BCUT2D eigenvalue weighted by atomic mass is 19.4. The first-order chi connectivity index (χ1) is 11.7. The summed E-state index contributed by atoms with van der Waals surface area (Å²) >= 11 is 0. The molecule has 0 aliphatic carbocycles. The molecular formula is C17H17F3N2O3. The van der Waals surface area contributed by atoms with Gasteiger partial charge in [0.25, 0.3) is 5.91 Å². The molecule has 0 spiro atoms. The molecular weight excluding hydrogens is 337 g/mol. The van der Waals surface area contributed by atoms with Crippen LogP contribution in [-0.4, -0.2) is 30.8 Å². The third-order valence-corrected chi connectivity index (χ3v) is 3.63. The van der Waals surface area contributed by atoms with Gasteiger partial charge in [0.2, 0.25) is 5.91 Å². The first kappa shape index (κ1) is 18.8. The molecule has 1 heterocycles. The van der Waals surface area contributed by atoms with E-state index in [1.54, 1.807) is 0 Å². The highest BCUT2D eigenvalue weighted by Crippen LogP contribution is 2.21. The minimum absolute atomic E-state index is 0.0691. The van der Waals surface area contributed by atoms with Crippen molar-refractivity contribution in [2.75, 3.05) is 6.61 Å². The van der Waals surface area contributed by atoms with E-state index in [0.717, 1.165) is 0 Å². The predicted octanol–water partition coefficient (Wildman–Crippen LogP) is 1.50. The topological polar surface area (TPSA) is 81.4 Å². The number of nitrogens with two attached hydrogens (primary N) is 1. The molecule has 1 saturated heterocycles. The van der Waals surface area contributed by atoms with Crippen LogP contribution < -0.4 is 11.1 Å². The minimum Gasteiger partial charge on any atom is -0.369 e. The number of ether oxygens (including phenoxy) is 1. The van der Waals surface area contributed by atoms with Crippen LogP contribution in [0.4, 0.5) is 13.2 Å². The van der Waals surface area contributed by atoms with E-state index in [-0.39, 0.29) is 17.9 Å². The van der Waals surface area contributed by atoms with Crippen LogP contribution in [0, 0.1) is 17.8 Å². The molecule has 2 unspecified atom stereocenters. The van der Waals surface area contributed by atoms with E-state index >= 15 is 0 Å². The predicted molar refractivity (Wildman–Crippen MR) is 82.9 cm³/mol. The second-order valence-corrected chi connectivity index (χ2v) is 5.70. The molecule has 2 amide bonds. The molecule has 2 rings (SSSR count). The van der Waals surface area contributed by atoms with E-state index in [0.29, 0.717) is 18.6 Å². The van der Waals surface area contributed by atoms with Crippen LogP contribution in [-0.2, 0) is 20.7 Å². The second-order valence-electron chi connectivity index (χ2n) is 5.70. The fourth-order valence-corrected chi connectivity index (χ4v) is 2.46. The normalized spacial score (nSPS) is 20.3. The minimum atomic E-state index is -4.31. The smallest absolute Gasteiger partial charge is 0.369 e. The van der Waals surface area contributed by atoms with Crippen molar-refractivity contribution in [3.8, 4) is 11.8 Å². The molecule has 1 aliphatic rings. The highest BCUT2D eigenvalue weighted by molar-refractivity contribution is 5.94. The molecule has 3 N–H and O–H groups in total. The van der Waals surface area contributed by atoms with E-state index in [4.69, 9.17) is 10.5 Å². The molecule has 8 heteroatoms. The first-order valence-corrected chi connectivity index (χ1v) is 7.62. The summed E-state index contributed by atoms with van der Waals surface area (Å²) in [4.78, 5) is 23.0. The fourth-order valence-electron chi connectivity index (χ4n) is 2.46. The Kier molecular flexibility index (Phi) is 6.04. The van der Waals surface area contributed by atoms with Crippen molar-refractivity contribution in [1.82, 2.24) is 5.32 Å². The SMILES string of the molecule is NC(=O)C1CCOC(NC(=O)C#Cc2cccc(CC(F)(F)F)c2)C1. The summed E-state index contributed by atoms with van der Waals surface area (Å²) in [6, 6.07) is 5.59. The number of alkyl halides is 3. The lowest BCUT2D eigenvalue weighted by Gasteiger charge is -2.27. The van der Waals surface area contributed by atoms with Crippen molar-refractivity contribution >= 4 is 11.8 Å². The Morgan fingerprint density at radius 1 is 1.36 bits per heavy atom. The zero-order valence-corrected chi connectivity index (χ0v) is 13.2. The van der Waals surface area contributed by atoms with Gasteiger partial charge in [-0.05, 0) is 24.1 Å². The van der Waals surface area contributed by atoms with Gasteiger partial charge in [0.15, 0.2) is 0 Å². The number of hydrogen-bond acceptors (Lipinski definition) is 3. The summed E-state index contributed by atoms with van der Waals surface area (Å²) in [5.74, 6) is 3.36. The number of amides is 2. The fraction of sp³-hybridized carbons (Fsp3) is 0.412. The summed E-state index contributed by atoms with van der Waals surface area (Å²) < 4.78 is 42.5. The van der Waals surface area contributed by atoms with Crippen molar-refractivity contribution in [2.45, 2.75) is 31.7 Å². The van der Waals surface area contributed by atoms with Gasteiger partial charge in [-0.3, -0.25) is 9.59 Å². The number of carbonyl (C=O) groups excluding carboxylic acids is 2. The summed E-state index contributed by atoms with van der Waals surface area (Å²) in [6.07, 6.45) is -5.26. The first-order valence-electron chi connectivity index (χ1n) is 7.62. The quantitative estimate of drug-likeness (QED) is 0.807. The van der Waals surface area contributed by atoms with E-state index in [1.807, 2.05) is 0 Å². The van der Waals surface area contributed by atoms with Gasteiger partial charge >= 0.3 is 6.18 Å². The van der Waals surface area contributed by atoms with Crippen molar-refractivity contribution in [3.05, 3.63) is 35.4 Å². The van der Waals surface area contributed by atoms with Gasteiger partial charge in [-0.2, -0.15) is 13.2 Å². The van der Waals surface area contributed by atoms with Crippen LogP contribution in [0.5, 0.6) is 0 Å². The van der Waals surface area contributed by atoms with Gasteiger partial charge in [-0.25, -0.2) is 0 Å². The molecule has 1 fully saturated rings. The van der Waals surface area contributed by atoms with Crippen LogP contribution in [0.1, 0.15) is 24.0 Å². The monoisotopic (exact) mass is 354 g/mol. The number of carbonyl (C=O) groups is 2. The van der Waals surface area contributed by atoms with Gasteiger partial charge in [0.05, 0.1) is 6.42 Å². The highest BCUT2D eigenvalue weighted by Gasteiger charge is 2.28. The standard InChI is InChI=1S/C17H17F3N2O3/c18-17(19,20)10-12-3-1-2-11(8-12)4-5-14(23)22-15-9-13(16(21)24)6-7-25-15/h1-3,8,13,15H,6-7,9-10H2,(H2,21,24)(H,22,23). The summed E-state index contributed by atoms with van der Waals surface area (Å²) in [6.45, 7) is 0.297. The Morgan fingerprint density at radius 3 is 2.80 bits per heavy atom. The molecule has 2 atom stereocenters. The Hall–Kier alpha value is -2.53. The molecule has 0 bridgehead atoms. The van der Waals surface area contributed by atoms with Gasteiger partial charge < -0.3 is 15.8 Å². The molecule has 0 saturated carbocycles. The number of primary amides is 1. The lowest BCUT2D eigenvalue weighted by molar-refractivity contribution is -0.131. The Balaban J connectivity index is 1.95. The Labute approximate surface area is 142 Å². The summed E-state index contributed by atoms with van der Waals surface area (Å²) in [7, 11) is 0. The lowest BCUT2D eigenvalue weighted by Crippen LogP contribution is -2.43. The van der Waals surface area contributed by atoms with E-state index in [2.05, 4.69) is 17.2 Å². The van der Waals surface area contributed by atoms with Gasteiger partial charge in [-0.1, -0.05) is 18.1 Å². The maximum Gasteiger partial charge on any atom is 0.393 e. The van der Waals surface area contributed by atoms with Crippen molar-refractivity contribution in [1.29, 1.82) is 0 Å². The number of rotatable bonds is 3. The third kappa shape index (κ3) is 6.47. The molecule has 0 aromatic heterocycles. The number of halogens is 3. The number of hydrogen-bond donors (Lipinski definition) is 2. The largest absolute Gasteiger partial charge is 0.393 e. The number of nitrogens with one attached hydrogen (secondary N) is 1. The number of benzene rings is 1. The van der Waals surface area contributed by atoms with Crippen molar-refractivity contribution in [3.63, 3.8) is 0 Å². The maximum atomic E-state index is 12.4. The molecule has 0 radical (unpaired) electrons. The third-order valence-electron chi connectivity index (χ3n) is 3.63. The average Bonchev–Trinajstić information content (AvgIpc) is 2.52. The van der Waals surface area contributed by atoms with E-state index in [1.165, 1.54) is 24.3 Å². The van der Waals surface area contributed by atoms with E-state index in [9.17, 15) is 22.8 Å². The van der Waals surface area contributed by atoms with Crippen molar-refractivity contribution in [2.24, 2.45) is 11.7 Å². The lowest BCUT2D eigenvalue weighted by atomic mass is 9.98. The zero-order chi connectivity index (χ0) is 18.4. The Bertz CT molecular complexity index is 707. The Morgan fingerprint density at radius 2 is 2.12 bits per heavy atom. The molecule has 1 aliphatic heterocycles. The van der Waals surface area contributed by atoms with Crippen LogP contribution in [0.25, 0.3) is 0 Å².